The summed E-state index contributed by atoms with van der Waals surface area (Å²) < 4.78 is 2.31. The maximum absolute atomic E-state index is 2.53. The highest BCUT2D eigenvalue weighted by Crippen LogP contribution is 2.41. The number of pyridine rings is 1. The summed E-state index contributed by atoms with van der Waals surface area (Å²) in [5, 5.41) is 4.70. The summed E-state index contributed by atoms with van der Waals surface area (Å²) in [5.41, 5.74) is 6.89. The summed E-state index contributed by atoms with van der Waals surface area (Å²) in [4.78, 5) is 0. The summed E-state index contributed by atoms with van der Waals surface area (Å²) in [6.07, 6.45) is 2.25. The number of aryl methyl sites for hydroxylation is 2. The van der Waals surface area contributed by atoms with Crippen molar-refractivity contribution < 1.29 is 4.57 Å². The molecule has 2 aromatic carbocycles. The van der Waals surface area contributed by atoms with E-state index in [0.29, 0.717) is 11.0 Å². The molecule has 0 spiro atoms. The van der Waals surface area contributed by atoms with E-state index in [1.807, 2.05) is 0 Å². The zero-order valence-electron chi connectivity index (χ0n) is 21.5. The first-order chi connectivity index (χ1) is 14.5. The van der Waals surface area contributed by atoms with Crippen LogP contribution >= 0.6 is 0 Å². The molecule has 0 radical (unpaired) electrons. The van der Waals surface area contributed by atoms with E-state index in [-0.39, 0.29) is 0 Å². The van der Waals surface area contributed by atoms with Gasteiger partial charge in [0.05, 0.1) is 19.0 Å². The van der Waals surface area contributed by atoms with Gasteiger partial charge in [0.15, 0.2) is 6.20 Å². The van der Waals surface area contributed by atoms with Crippen LogP contribution in [0.25, 0.3) is 22.0 Å². The van der Waals surface area contributed by atoms with E-state index in [4.69, 9.17) is 0 Å². The van der Waals surface area contributed by atoms with E-state index in [9.17, 15) is 0 Å². The third kappa shape index (κ3) is 4.00. The van der Waals surface area contributed by atoms with Gasteiger partial charge in [0.25, 0.3) is 0 Å². The molecule has 31 heavy (non-hydrogen) atoms. The lowest BCUT2D eigenvalue weighted by atomic mass is 9.91. The Morgan fingerprint density at radius 2 is 1.58 bits per heavy atom. The molecule has 0 saturated heterocycles. The van der Waals surface area contributed by atoms with Gasteiger partial charge in [-0.25, -0.2) is 4.57 Å². The normalized spacial score (nSPS) is 12.7. The molecular weight excluding hydrogens is 390 g/mol. The minimum Gasteiger partial charge on any atom is -0.200 e. The van der Waals surface area contributed by atoms with E-state index in [0.717, 1.165) is 0 Å². The zero-order chi connectivity index (χ0) is 23.1. The van der Waals surface area contributed by atoms with Crippen molar-refractivity contribution in [3.05, 3.63) is 59.3 Å². The number of aromatic nitrogens is 1. The molecule has 0 aliphatic carbocycles. The van der Waals surface area contributed by atoms with Crippen LogP contribution in [0, 0.1) is 13.8 Å². The Balaban J connectivity index is 2.32. The smallest absolute Gasteiger partial charge is 0.200 e. The highest BCUT2D eigenvalue weighted by Gasteiger charge is 2.42. The summed E-state index contributed by atoms with van der Waals surface area (Å²) in [6, 6.07) is 17.1. The Morgan fingerprint density at radius 3 is 2.13 bits per heavy atom. The van der Waals surface area contributed by atoms with Gasteiger partial charge >= 0.3 is 0 Å². The molecule has 2 heteroatoms. The first-order valence-corrected chi connectivity index (χ1v) is 14.4. The van der Waals surface area contributed by atoms with Crippen LogP contribution < -0.4 is 9.75 Å². The zero-order valence-corrected chi connectivity index (χ0v) is 22.5. The maximum atomic E-state index is 2.53. The summed E-state index contributed by atoms with van der Waals surface area (Å²) in [7, 11) is 0.587. The molecule has 1 aromatic heterocycles. The van der Waals surface area contributed by atoms with Crippen LogP contribution in [0.2, 0.25) is 17.1 Å². The van der Waals surface area contributed by atoms with Crippen molar-refractivity contribution >= 4 is 24.0 Å². The van der Waals surface area contributed by atoms with E-state index in [2.05, 4.69) is 117 Å². The standard InChI is InChI=1S/C29H42NSi/c1-11-31(12-2,29(7,8)9)25-13-14-26-23(18-25)15-16-30(10)28(26)27-19-24(20(3)4)17-21(5)22(27)6/h13-20H,11-12H2,1-10H3/q+1. The van der Waals surface area contributed by atoms with Crippen LogP contribution in [-0.2, 0) is 7.05 Å². The third-order valence-corrected chi connectivity index (χ3v) is 14.6. The first-order valence-electron chi connectivity index (χ1n) is 12.0. The number of hydrogen-bond acceptors (Lipinski definition) is 0. The van der Waals surface area contributed by atoms with Crippen LogP contribution in [0.3, 0.4) is 0 Å². The van der Waals surface area contributed by atoms with E-state index < -0.39 is 8.07 Å². The van der Waals surface area contributed by atoms with Crippen LogP contribution in [0.4, 0.5) is 0 Å². The highest BCUT2D eigenvalue weighted by atomic mass is 28.3. The molecule has 0 saturated carbocycles. The summed E-state index contributed by atoms with van der Waals surface area (Å²) >= 11 is 0. The van der Waals surface area contributed by atoms with Gasteiger partial charge in [0.2, 0.25) is 5.69 Å². The molecule has 0 N–H and O–H groups in total. The maximum Gasteiger partial charge on any atom is 0.220 e. The molecule has 1 heterocycles. The molecule has 0 aliphatic rings. The van der Waals surface area contributed by atoms with Crippen molar-refractivity contribution in [2.75, 3.05) is 0 Å². The summed E-state index contributed by atoms with van der Waals surface area (Å²) in [6.45, 7) is 21.3. The Hall–Kier alpha value is -1.93. The molecule has 0 aliphatic heterocycles. The molecular formula is C29H42NSi+. The van der Waals surface area contributed by atoms with Crippen molar-refractivity contribution in [3.8, 4) is 11.3 Å². The number of fused-ring (bicyclic) bond motifs is 1. The molecule has 1 nitrogen and oxygen atoms in total. The monoisotopic (exact) mass is 432 g/mol. The molecule has 0 amide bonds. The third-order valence-electron chi connectivity index (χ3n) is 7.94. The molecule has 0 unspecified atom stereocenters. The van der Waals surface area contributed by atoms with Gasteiger partial charge in [-0.2, -0.15) is 0 Å². The van der Waals surface area contributed by atoms with Gasteiger partial charge in [-0.05, 0) is 59.0 Å². The second-order valence-corrected chi connectivity index (χ2v) is 16.4. The lowest BCUT2D eigenvalue weighted by Gasteiger charge is -2.42. The van der Waals surface area contributed by atoms with Gasteiger partial charge in [-0.15, -0.1) is 0 Å². The second kappa shape index (κ2) is 8.54. The second-order valence-electron chi connectivity index (χ2n) is 10.8. The molecule has 0 atom stereocenters. The van der Waals surface area contributed by atoms with Crippen molar-refractivity contribution in [3.63, 3.8) is 0 Å². The minimum atomic E-state index is -1.60. The highest BCUT2D eigenvalue weighted by molar-refractivity contribution is 6.94. The summed E-state index contributed by atoms with van der Waals surface area (Å²) in [5.74, 6) is 0.525. The average Bonchev–Trinajstić information content (AvgIpc) is 2.70. The lowest BCUT2D eigenvalue weighted by molar-refractivity contribution is -0.659. The fraction of sp³-hybridized carbons (Fsp3) is 0.483. The van der Waals surface area contributed by atoms with Crippen molar-refractivity contribution in [2.45, 2.75) is 85.4 Å². The van der Waals surface area contributed by atoms with Crippen molar-refractivity contribution in [2.24, 2.45) is 7.05 Å². The van der Waals surface area contributed by atoms with E-state index >= 15 is 0 Å². The van der Waals surface area contributed by atoms with Crippen LogP contribution in [0.1, 0.15) is 71.1 Å². The topological polar surface area (TPSA) is 3.88 Å². The lowest BCUT2D eigenvalue weighted by Crippen LogP contribution is -2.53. The van der Waals surface area contributed by atoms with Crippen LogP contribution in [0.15, 0.2) is 42.6 Å². The number of benzene rings is 2. The van der Waals surface area contributed by atoms with Gasteiger partial charge in [-0.3, -0.25) is 0 Å². The van der Waals surface area contributed by atoms with Crippen LogP contribution in [0.5, 0.6) is 0 Å². The molecule has 3 aromatic rings. The molecule has 0 fully saturated rings. The van der Waals surface area contributed by atoms with Gasteiger partial charge < -0.3 is 0 Å². The fourth-order valence-corrected chi connectivity index (χ4v) is 10.8. The molecule has 0 bridgehead atoms. The number of hydrogen-bond donors (Lipinski definition) is 0. The Bertz CT molecular complexity index is 1100. The quantitative estimate of drug-likeness (QED) is 0.289. The SMILES string of the molecule is CC[Si](CC)(c1ccc2c(-c3cc(C(C)C)cc(C)c3C)[n+](C)ccc2c1)C(C)(C)C. The first kappa shape index (κ1) is 23.7. The van der Waals surface area contributed by atoms with Gasteiger partial charge in [0, 0.05) is 6.07 Å². The number of rotatable bonds is 5. The fourth-order valence-electron chi connectivity index (χ4n) is 5.62. The predicted octanol–water partition coefficient (Wildman–Crippen LogP) is 7.57. The van der Waals surface area contributed by atoms with Crippen molar-refractivity contribution in [1.82, 2.24) is 0 Å². The predicted molar refractivity (Wildman–Crippen MR) is 140 cm³/mol. The van der Waals surface area contributed by atoms with E-state index in [1.54, 1.807) is 5.19 Å². The van der Waals surface area contributed by atoms with Gasteiger partial charge in [-0.1, -0.05) is 83.9 Å². The minimum absolute atomic E-state index is 0.353. The van der Waals surface area contributed by atoms with Crippen LogP contribution in [-0.4, -0.2) is 8.07 Å². The average molecular weight is 433 g/mol. The van der Waals surface area contributed by atoms with E-state index in [1.165, 1.54) is 50.8 Å². The molecule has 3 rings (SSSR count). The largest absolute Gasteiger partial charge is 0.220 e. The molecule has 166 valence electrons. The number of nitrogens with zero attached hydrogens (tertiary/aromatic N) is 1. The Labute approximate surface area is 191 Å². The van der Waals surface area contributed by atoms with Crippen molar-refractivity contribution in [1.29, 1.82) is 0 Å². The van der Waals surface area contributed by atoms with Gasteiger partial charge in [0.1, 0.15) is 7.05 Å². The Morgan fingerprint density at radius 1 is 0.935 bits per heavy atom. The Kier molecular flexibility index (Phi) is 6.54.